The third kappa shape index (κ3) is 3.51. The molecule has 0 aliphatic heterocycles. The number of hydrazine groups is 1. The Labute approximate surface area is 100.0 Å². The summed E-state index contributed by atoms with van der Waals surface area (Å²) in [5.41, 5.74) is 3.43. The lowest BCUT2D eigenvalue weighted by molar-refractivity contribution is 0.491. The van der Waals surface area contributed by atoms with E-state index >= 15 is 0 Å². The highest BCUT2D eigenvalue weighted by Gasteiger charge is 2.25. The van der Waals surface area contributed by atoms with E-state index in [4.69, 9.17) is 5.84 Å². The van der Waals surface area contributed by atoms with Gasteiger partial charge in [0.25, 0.3) is 0 Å². The Morgan fingerprint density at radius 1 is 1.62 bits per heavy atom. The number of thiazole rings is 1. The van der Waals surface area contributed by atoms with Gasteiger partial charge in [-0.3, -0.25) is 11.3 Å². The van der Waals surface area contributed by atoms with Crippen molar-refractivity contribution < 1.29 is 8.42 Å². The quantitative estimate of drug-likeness (QED) is 0.588. The van der Waals surface area contributed by atoms with E-state index in [2.05, 4.69) is 10.4 Å². The molecule has 0 fully saturated rings. The minimum absolute atomic E-state index is 0.309. The van der Waals surface area contributed by atoms with Crippen LogP contribution in [0.4, 0.5) is 0 Å². The predicted molar refractivity (Wildman–Crippen MR) is 66.0 cm³/mol. The van der Waals surface area contributed by atoms with Crippen molar-refractivity contribution in [2.45, 2.75) is 31.6 Å². The molecule has 1 aromatic heterocycles. The van der Waals surface area contributed by atoms with Crippen LogP contribution < -0.4 is 11.3 Å². The van der Waals surface area contributed by atoms with Crippen molar-refractivity contribution in [1.82, 2.24) is 10.4 Å². The predicted octanol–water partition coefficient (Wildman–Crippen LogP) is 0.259. The Hall–Kier alpha value is -0.500. The van der Waals surface area contributed by atoms with Crippen LogP contribution >= 0.6 is 11.3 Å². The summed E-state index contributed by atoms with van der Waals surface area (Å²) >= 11 is 1.55. The van der Waals surface area contributed by atoms with Crippen LogP contribution in [0.3, 0.4) is 0 Å². The van der Waals surface area contributed by atoms with E-state index in [0.29, 0.717) is 6.42 Å². The molecule has 0 spiro atoms. The first-order chi connectivity index (χ1) is 7.34. The molecule has 92 valence electrons. The molecule has 0 bridgehead atoms. The number of sulfone groups is 1. The molecule has 7 heteroatoms. The normalized spacial score (nSPS) is 16.0. The van der Waals surface area contributed by atoms with Gasteiger partial charge in [0.15, 0.2) is 9.84 Å². The van der Waals surface area contributed by atoms with E-state index < -0.39 is 15.1 Å². The molecule has 16 heavy (non-hydrogen) atoms. The summed E-state index contributed by atoms with van der Waals surface area (Å²) in [6.45, 7) is 3.57. The van der Waals surface area contributed by atoms with Crippen molar-refractivity contribution in [2.24, 2.45) is 5.84 Å². The van der Waals surface area contributed by atoms with Gasteiger partial charge in [0.05, 0.1) is 16.0 Å². The van der Waals surface area contributed by atoms with Crippen LogP contribution in [-0.4, -0.2) is 30.9 Å². The van der Waals surface area contributed by atoms with E-state index in [0.717, 1.165) is 10.7 Å². The maximum atomic E-state index is 11.4. The molecule has 0 saturated carbocycles. The van der Waals surface area contributed by atoms with E-state index in [1.54, 1.807) is 18.3 Å². The van der Waals surface area contributed by atoms with Crippen molar-refractivity contribution in [3.05, 3.63) is 16.1 Å². The summed E-state index contributed by atoms with van der Waals surface area (Å²) in [7, 11) is -3.09. The van der Waals surface area contributed by atoms with Crippen LogP contribution in [0.25, 0.3) is 0 Å². The Morgan fingerprint density at radius 2 is 2.25 bits per heavy atom. The van der Waals surface area contributed by atoms with E-state index in [1.807, 2.05) is 12.3 Å². The molecule has 2 unspecified atom stereocenters. The molecule has 1 rings (SSSR count). The monoisotopic (exact) mass is 263 g/mol. The van der Waals surface area contributed by atoms with E-state index in [9.17, 15) is 8.42 Å². The smallest absolute Gasteiger partial charge is 0.151 e. The van der Waals surface area contributed by atoms with Crippen molar-refractivity contribution in [1.29, 1.82) is 0 Å². The van der Waals surface area contributed by atoms with Gasteiger partial charge in [-0.2, -0.15) is 0 Å². The second kappa shape index (κ2) is 5.22. The Morgan fingerprint density at radius 3 is 2.62 bits per heavy atom. The van der Waals surface area contributed by atoms with Gasteiger partial charge in [-0.15, -0.1) is 11.3 Å². The lowest BCUT2D eigenvalue weighted by atomic mass is 10.1. The fraction of sp³-hybridized carbons (Fsp3) is 0.667. The fourth-order valence-corrected chi connectivity index (χ4v) is 2.78. The Bertz CT molecular complexity index is 441. The topological polar surface area (TPSA) is 85.1 Å². The number of nitrogens with one attached hydrogen (secondary N) is 1. The van der Waals surface area contributed by atoms with Gasteiger partial charge >= 0.3 is 0 Å². The van der Waals surface area contributed by atoms with Crippen molar-refractivity contribution >= 4 is 21.2 Å². The largest absolute Gasteiger partial charge is 0.271 e. The minimum atomic E-state index is -3.09. The SMILES string of the molecule is Cc1nc(CC(NN)C(C)S(C)(=O)=O)cs1. The summed E-state index contributed by atoms with van der Waals surface area (Å²) in [5, 5.41) is 2.37. The third-order valence-electron chi connectivity index (χ3n) is 2.55. The molecular weight excluding hydrogens is 246 g/mol. The molecule has 0 aromatic carbocycles. The number of aromatic nitrogens is 1. The molecule has 0 radical (unpaired) electrons. The first-order valence-electron chi connectivity index (χ1n) is 4.90. The van der Waals surface area contributed by atoms with E-state index in [-0.39, 0.29) is 6.04 Å². The standard InChI is InChI=1S/C9H17N3O2S2/c1-6(16(3,13)14)9(12-10)4-8-5-15-7(2)11-8/h5-6,9,12H,4,10H2,1-3H3. The average molecular weight is 263 g/mol. The Balaban J connectivity index is 2.77. The summed E-state index contributed by atoms with van der Waals surface area (Å²) in [5.74, 6) is 5.39. The number of hydrogen-bond donors (Lipinski definition) is 2. The summed E-state index contributed by atoms with van der Waals surface area (Å²) < 4.78 is 22.8. The fourth-order valence-electron chi connectivity index (χ4n) is 1.39. The van der Waals surface area contributed by atoms with Crippen molar-refractivity contribution in [2.75, 3.05) is 6.26 Å². The number of aryl methyl sites for hydroxylation is 1. The maximum absolute atomic E-state index is 11.4. The second-order valence-corrected chi connectivity index (χ2v) is 7.33. The van der Waals surface area contributed by atoms with Crippen LogP contribution in [0, 0.1) is 6.92 Å². The molecule has 0 aliphatic rings. The summed E-state index contributed by atoms with van der Waals surface area (Å²) in [4.78, 5) is 4.29. The van der Waals surface area contributed by atoms with Gasteiger partial charge in [-0.1, -0.05) is 0 Å². The van der Waals surface area contributed by atoms with Crippen LogP contribution in [0.5, 0.6) is 0 Å². The summed E-state index contributed by atoms with van der Waals surface area (Å²) in [6.07, 6.45) is 1.74. The lowest BCUT2D eigenvalue weighted by Gasteiger charge is -2.20. The van der Waals surface area contributed by atoms with Gasteiger partial charge in [0.1, 0.15) is 0 Å². The van der Waals surface area contributed by atoms with Crippen molar-refractivity contribution in [3.8, 4) is 0 Å². The molecular formula is C9H17N3O2S2. The molecule has 1 heterocycles. The zero-order chi connectivity index (χ0) is 12.3. The third-order valence-corrected chi connectivity index (χ3v) is 5.05. The molecule has 1 aromatic rings. The van der Waals surface area contributed by atoms with Crippen LogP contribution in [0.1, 0.15) is 17.6 Å². The minimum Gasteiger partial charge on any atom is -0.271 e. The van der Waals surface area contributed by atoms with Gasteiger partial charge in [0, 0.05) is 24.1 Å². The van der Waals surface area contributed by atoms with Gasteiger partial charge in [-0.05, 0) is 13.8 Å². The highest BCUT2D eigenvalue weighted by Crippen LogP contribution is 2.13. The van der Waals surface area contributed by atoms with Gasteiger partial charge in [0.2, 0.25) is 0 Å². The molecule has 5 nitrogen and oxygen atoms in total. The first kappa shape index (κ1) is 13.6. The molecule has 0 saturated heterocycles. The average Bonchev–Trinajstić information content (AvgIpc) is 2.58. The van der Waals surface area contributed by atoms with E-state index in [1.165, 1.54) is 6.26 Å². The van der Waals surface area contributed by atoms with Crippen LogP contribution in [-0.2, 0) is 16.3 Å². The molecule has 2 atom stereocenters. The second-order valence-electron chi connectivity index (χ2n) is 3.87. The number of rotatable bonds is 5. The first-order valence-corrected chi connectivity index (χ1v) is 7.74. The number of nitrogens with two attached hydrogens (primary N) is 1. The van der Waals surface area contributed by atoms with Crippen LogP contribution in [0.2, 0.25) is 0 Å². The molecule has 0 aliphatic carbocycles. The maximum Gasteiger partial charge on any atom is 0.151 e. The van der Waals surface area contributed by atoms with Gasteiger partial charge in [-0.25, -0.2) is 13.4 Å². The zero-order valence-corrected chi connectivity index (χ0v) is 11.2. The lowest BCUT2D eigenvalue weighted by Crippen LogP contribution is -2.47. The summed E-state index contributed by atoms with van der Waals surface area (Å²) in [6, 6.07) is -0.309. The number of hydrogen-bond acceptors (Lipinski definition) is 6. The number of nitrogens with zero attached hydrogens (tertiary/aromatic N) is 1. The zero-order valence-electron chi connectivity index (χ0n) is 9.60. The highest BCUT2D eigenvalue weighted by atomic mass is 32.2. The molecule has 3 N–H and O–H groups in total. The molecule has 0 amide bonds. The van der Waals surface area contributed by atoms with Crippen molar-refractivity contribution in [3.63, 3.8) is 0 Å². The highest BCUT2D eigenvalue weighted by molar-refractivity contribution is 7.91. The van der Waals surface area contributed by atoms with Gasteiger partial charge < -0.3 is 0 Å². The Kier molecular flexibility index (Phi) is 4.43. The van der Waals surface area contributed by atoms with Crippen LogP contribution in [0.15, 0.2) is 5.38 Å².